The number of hydrogen-bond donors (Lipinski definition) is 2. The van der Waals surface area contributed by atoms with Crippen molar-refractivity contribution in [1.29, 1.82) is 0 Å². The first-order chi connectivity index (χ1) is 12.1. The Morgan fingerprint density at radius 3 is 2.96 bits per heavy atom. The monoisotopic (exact) mass is 365 g/mol. The number of anilines is 1. The molecule has 2 saturated heterocycles. The number of ether oxygens (including phenoxy) is 2. The number of benzene rings is 1. The fraction of sp³-hybridized carbons (Fsp3) is 0.611. The molecule has 0 spiro atoms. The quantitative estimate of drug-likeness (QED) is 0.861. The van der Waals surface area contributed by atoms with E-state index in [9.17, 15) is 4.79 Å². The SMILES string of the molecule is COc1ccc(Cl)cc1NC(=O)N[C@H]1C[C@H]2CO[C@@H](C3CC3)CN2C1. The van der Waals surface area contributed by atoms with Crippen LogP contribution in [0.4, 0.5) is 10.5 Å². The maximum Gasteiger partial charge on any atom is 0.319 e. The number of carbonyl (C=O) groups is 1. The van der Waals surface area contributed by atoms with Crippen molar-refractivity contribution >= 4 is 23.3 Å². The van der Waals surface area contributed by atoms with E-state index < -0.39 is 0 Å². The van der Waals surface area contributed by atoms with Gasteiger partial charge >= 0.3 is 6.03 Å². The van der Waals surface area contributed by atoms with Crippen LogP contribution in [0.25, 0.3) is 0 Å². The predicted octanol–water partition coefficient (Wildman–Crippen LogP) is 2.72. The third-order valence-corrected chi connectivity index (χ3v) is 5.57. The second-order valence-corrected chi connectivity index (χ2v) is 7.63. The Bertz CT molecular complexity index is 652. The Labute approximate surface area is 152 Å². The van der Waals surface area contributed by atoms with Gasteiger partial charge in [0, 0.05) is 30.2 Å². The van der Waals surface area contributed by atoms with Crippen LogP contribution < -0.4 is 15.4 Å². The second-order valence-electron chi connectivity index (χ2n) is 7.19. The third kappa shape index (κ3) is 3.86. The van der Waals surface area contributed by atoms with Crippen LogP contribution in [-0.4, -0.2) is 55.9 Å². The molecule has 1 saturated carbocycles. The maximum atomic E-state index is 12.4. The molecule has 2 heterocycles. The average Bonchev–Trinajstić information content (AvgIpc) is 3.35. The minimum absolute atomic E-state index is 0.136. The van der Waals surface area contributed by atoms with Crippen LogP contribution in [0.5, 0.6) is 5.75 Å². The van der Waals surface area contributed by atoms with Crippen LogP contribution in [0.1, 0.15) is 19.3 Å². The molecule has 1 aromatic rings. The Balaban J connectivity index is 1.32. The fourth-order valence-corrected chi connectivity index (χ4v) is 4.05. The van der Waals surface area contributed by atoms with Crippen molar-refractivity contribution in [2.24, 2.45) is 5.92 Å². The van der Waals surface area contributed by atoms with Gasteiger partial charge in [0.25, 0.3) is 0 Å². The van der Waals surface area contributed by atoms with E-state index in [1.807, 2.05) is 0 Å². The van der Waals surface area contributed by atoms with Gasteiger partial charge in [-0.3, -0.25) is 4.90 Å². The number of morpholine rings is 1. The molecule has 3 atom stereocenters. The molecule has 25 heavy (non-hydrogen) atoms. The Kier molecular flexibility index (Phi) is 4.75. The first-order valence-electron chi connectivity index (χ1n) is 8.89. The summed E-state index contributed by atoms with van der Waals surface area (Å²) in [5.41, 5.74) is 0.570. The van der Waals surface area contributed by atoms with E-state index in [1.54, 1.807) is 25.3 Å². The topological polar surface area (TPSA) is 62.8 Å². The standard InChI is InChI=1S/C18H24ClN3O3/c1-24-16-5-4-12(19)6-15(16)21-18(23)20-13-7-14-10-25-17(11-2-3-11)9-22(14)8-13/h4-6,11,13-14,17H,2-3,7-10H2,1H3,(H2,20,21,23)/t13-,14-,17+/m0/s1. The van der Waals surface area contributed by atoms with E-state index in [2.05, 4.69) is 15.5 Å². The number of amides is 2. The number of urea groups is 1. The van der Waals surface area contributed by atoms with Gasteiger partial charge in [-0.25, -0.2) is 4.79 Å². The number of halogens is 1. The van der Waals surface area contributed by atoms with Crippen LogP contribution in [0, 0.1) is 5.92 Å². The van der Waals surface area contributed by atoms with Crippen molar-refractivity contribution in [3.63, 3.8) is 0 Å². The number of carbonyl (C=O) groups excluding carboxylic acids is 1. The normalized spacial score (nSPS) is 29.1. The number of methoxy groups -OCH3 is 1. The lowest BCUT2D eigenvalue weighted by Crippen LogP contribution is -2.47. The van der Waals surface area contributed by atoms with Crippen LogP contribution in [0.15, 0.2) is 18.2 Å². The van der Waals surface area contributed by atoms with E-state index in [-0.39, 0.29) is 12.1 Å². The van der Waals surface area contributed by atoms with Crippen molar-refractivity contribution in [2.45, 2.75) is 37.5 Å². The fourth-order valence-electron chi connectivity index (χ4n) is 3.88. The largest absolute Gasteiger partial charge is 0.495 e. The van der Waals surface area contributed by atoms with Crippen molar-refractivity contribution in [2.75, 3.05) is 32.1 Å². The van der Waals surface area contributed by atoms with Crippen molar-refractivity contribution in [3.8, 4) is 5.75 Å². The zero-order valence-corrected chi connectivity index (χ0v) is 15.1. The molecule has 1 aliphatic carbocycles. The molecule has 2 N–H and O–H groups in total. The lowest BCUT2D eigenvalue weighted by atomic mass is 10.1. The highest BCUT2D eigenvalue weighted by Crippen LogP contribution is 2.38. The van der Waals surface area contributed by atoms with Crippen LogP contribution in [0.3, 0.4) is 0 Å². The molecule has 0 radical (unpaired) electrons. The molecule has 0 unspecified atom stereocenters. The van der Waals surface area contributed by atoms with Crippen molar-refractivity contribution in [3.05, 3.63) is 23.2 Å². The van der Waals surface area contributed by atoms with Gasteiger partial charge in [-0.15, -0.1) is 0 Å². The maximum absolute atomic E-state index is 12.4. The molecule has 3 aliphatic rings. The molecule has 4 rings (SSSR count). The molecule has 6 nitrogen and oxygen atoms in total. The van der Waals surface area contributed by atoms with Gasteiger partial charge in [-0.1, -0.05) is 11.6 Å². The third-order valence-electron chi connectivity index (χ3n) is 5.34. The smallest absolute Gasteiger partial charge is 0.319 e. The summed E-state index contributed by atoms with van der Waals surface area (Å²) in [5, 5.41) is 6.46. The Morgan fingerprint density at radius 2 is 2.20 bits per heavy atom. The van der Waals surface area contributed by atoms with Crippen LogP contribution in [-0.2, 0) is 4.74 Å². The zero-order valence-electron chi connectivity index (χ0n) is 14.3. The van der Waals surface area contributed by atoms with E-state index in [0.29, 0.717) is 28.6 Å². The molecule has 3 fully saturated rings. The molecular formula is C18H24ClN3O3. The average molecular weight is 366 g/mol. The predicted molar refractivity (Wildman–Crippen MR) is 96.4 cm³/mol. The lowest BCUT2D eigenvalue weighted by molar-refractivity contribution is -0.0581. The molecule has 2 amide bonds. The van der Waals surface area contributed by atoms with E-state index in [1.165, 1.54) is 12.8 Å². The van der Waals surface area contributed by atoms with Gasteiger partial charge in [-0.05, 0) is 43.4 Å². The summed E-state index contributed by atoms with van der Waals surface area (Å²) in [4.78, 5) is 14.8. The molecule has 2 aliphatic heterocycles. The molecule has 7 heteroatoms. The Hall–Kier alpha value is -1.50. The van der Waals surface area contributed by atoms with E-state index in [4.69, 9.17) is 21.1 Å². The minimum Gasteiger partial charge on any atom is -0.495 e. The van der Waals surface area contributed by atoms with Crippen molar-refractivity contribution < 1.29 is 14.3 Å². The first kappa shape index (κ1) is 16.9. The number of nitrogens with zero attached hydrogens (tertiary/aromatic N) is 1. The van der Waals surface area contributed by atoms with E-state index in [0.717, 1.165) is 32.0 Å². The molecular weight excluding hydrogens is 342 g/mol. The lowest BCUT2D eigenvalue weighted by Gasteiger charge is -2.35. The number of nitrogens with one attached hydrogen (secondary N) is 2. The summed E-state index contributed by atoms with van der Waals surface area (Å²) in [5.74, 6) is 1.34. The highest BCUT2D eigenvalue weighted by atomic mass is 35.5. The summed E-state index contributed by atoms with van der Waals surface area (Å²) >= 11 is 6.01. The summed E-state index contributed by atoms with van der Waals surface area (Å²) in [6.07, 6.45) is 3.92. The van der Waals surface area contributed by atoms with Gasteiger partial charge in [0.15, 0.2) is 0 Å². The van der Waals surface area contributed by atoms with Gasteiger partial charge < -0.3 is 20.1 Å². The Morgan fingerprint density at radius 1 is 1.36 bits per heavy atom. The molecule has 1 aromatic carbocycles. The summed E-state index contributed by atoms with van der Waals surface area (Å²) in [7, 11) is 1.57. The van der Waals surface area contributed by atoms with Gasteiger partial charge in [0.2, 0.25) is 0 Å². The second kappa shape index (κ2) is 7.02. The zero-order chi connectivity index (χ0) is 17.4. The first-order valence-corrected chi connectivity index (χ1v) is 9.27. The number of fused-ring (bicyclic) bond motifs is 1. The number of rotatable bonds is 4. The van der Waals surface area contributed by atoms with Gasteiger partial charge in [0.1, 0.15) is 5.75 Å². The van der Waals surface area contributed by atoms with Gasteiger partial charge in [-0.2, -0.15) is 0 Å². The highest BCUT2D eigenvalue weighted by molar-refractivity contribution is 6.31. The van der Waals surface area contributed by atoms with Crippen LogP contribution >= 0.6 is 11.6 Å². The van der Waals surface area contributed by atoms with Gasteiger partial charge in [0.05, 0.1) is 25.5 Å². The highest BCUT2D eigenvalue weighted by Gasteiger charge is 2.42. The number of hydrogen-bond acceptors (Lipinski definition) is 4. The summed E-state index contributed by atoms with van der Waals surface area (Å²) in [6.45, 7) is 2.66. The summed E-state index contributed by atoms with van der Waals surface area (Å²) in [6, 6.07) is 5.48. The minimum atomic E-state index is -0.231. The van der Waals surface area contributed by atoms with E-state index >= 15 is 0 Å². The summed E-state index contributed by atoms with van der Waals surface area (Å²) < 4.78 is 11.3. The van der Waals surface area contributed by atoms with Crippen LogP contribution in [0.2, 0.25) is 5.02 Å². The molecule has 136 valence electrons. The van der Waals surface area contributed by atoms with Crippen molar-refractivity contribution in [1.82, 2.24) is 10.2 Å². The molecule has 0 bridgehead atoms. The molecule has 0 aromatic heterocycles.